The molecule has 4 rings (SSSR count). The molecule has 0 saturated carbocycles. The van der Waals surface area contributed by atoms with Crippen molar-refractivity contribution < 1.29 is 31.9 Å². The van der Waals surface area contributed by atoms with Crippen LogP contribution in [0.3, 0.4) is 0 Å². The van der Waals surface area contributed by atoms with Gasteiger partial charge in [0.1, 0.15) is 29.9 Å². The Bertz CT molecular complexity index is 1720. The lowest BCUT2D eigenvalue weighted by Gasteiger charge is -2.34. The SMILES string of the molecule is CCCNC(=O)[C@H](Cc1ccccc1)N(Cc1ccccc1F)C(=O)CN(c1ccccc1OC)S(=O)(=O)c1ccc(OC)cc1. The van der Waals surface area contributed by atoms with Gasteiger partial charge in [-0.2, -0.15) is 0 Å². The van der Waals surface area contributed by atoms with Crippen molar-refractivity contribution >= 4 is 27.5 Å². The minimum atomic E-state index is -4.36. The molecule has 242 valence electrons. The summed E-state index contributed by atoms with van der Waals surface area (Å²) in [6, 6.07) is 26.3. The van der Waals surface area contributed by atoms with Gasteiger partial charge in [-0.05, 0) is 54.4 Å². The van der Waals surface area contributed by atoms with E-state index in [9.17, 15) is 18.0 Å². The first-order chi connectivity index (χ1) is 22.2. The van der Waals surface area contributed by atoms with Gasteiger partial charge in [-0.1, -0.05) is 67.6 Å². The van der Waals surface area contributed by atoms with Gasteiger partial charge < -0.3 is 19.7 Å². The molecule has 0 saturated heterocycles. The van der Waals surface area contributed by atoms with Crippen LogP contribution in [-0.4, -0.2) is 58.5 Å². The van der Waals surface area contributed by atoms with E-state index in [0.29, 0.717) is 18.7 Å². The summed E-state index contributed by atoms with van der Waals surface area (Å²) in [5, 5.41) is 2.87. The number of rotatable bonds is 15. The van der Waals surface area contributed by atoms with E-state index < -0.39 is 40.2 Å². The van der Waals surface area contributed by atoms with Gasteiger partial charge in [0.25, 0.3) is 10.0 Å². The highest BCUT2D eigenvalue weighted by atomic mass is 32.2. The van der Waals surface area contributed by atoms with Crippen LogP contribution in [0.25, 0.3) is 0 Å². The van der Waals surface area contributed by atoms with Crippen molar-refractivity contribution in [1.29, 1.82) is 0 Å². The average molecular weight is 648 g/mol. The van der Waals surface area contributed by atoms with E-state index in [-0.39, 0.29) is 34.9 Å². The van der Waals surface area contributed by atoms with Crippen molar-refractivity contribution in [3.63, 3.8) is 0 Å². The van der Waals surface area contributed by atoms with Crippen molar-refractivity contribution in [2.45, 2.75) is 37.2 Å². The number of halogens is 1. The summed E-state index contributed by atoms with van der Waals surface area (Å²) >= 11 is 0. The molecule has 1 atom stereocenters. The third-order valence-electron chi connectivity index (χ3n) is 7.40. The summed E-state index contributed by atoms with van der Waals surface area (Å²) in [4.78, 5) is 29.4. The van der Waals surface area contributed by atoms with Gasteiger partial charge in [0.2, 0.25) is 11.8 Å². The van der Waals surface area contributed by atoms with Crippen LogP contribution >= 0.6 is 0 Å². The van der Waals surface area contributed by atoms with Gasteiger partial charge in [0, 0.05) is 25.1 Å². The molecule has 4 aromatic carbocycles. The number of carbonyl (C=O) groups excluding carboxylic acids is 2. The van der Waals surface area contributed by atoms with Crippen LogP contribution in [0.4, 0.5) is 10.1 Å². The number of amides is 2. The maximum atomic E-state index is 15.0. The highest BCUT2D eigenvalue weighted by Gasteiger charge is 2.35. The smallest absolute Gasteiger partial charge is 0.264 e. The van der Waals surface area contributed by atoms with Crippen molar-refractivity contribution in [2.75, 3.05) is 31.6 Å². The first kappa shape index (κ1) is 34.0. The molecule has 0 unspecified atom stereocenters. The zero-order valence-electron chi connectivity index (χ0n) is 26.1. The van der Waals surface area contributed by atoms with Crippen LogP contribution in [0, 0.1) is 5.82 Å². The van der Waals surface area contributed by atoms with Crippen molar-refractivity contribution in [3.8, 4) is 11.5 Å². The molecule has 0 bridgehead atoms. The number of benzene rings is 4. The van der Waals surface area contributed by atoms with Crippen LogP contribution < -0.4 is 19.1 Å². The molecular formula is C35H38FN3O6S. The maximum Gasteiger partial charge on any atom is 0.264 e. The summed E-state index contributed by atoms with van der Waals surface area (Å²) < 4.78 is 55.1. The number of anilines is 1. The summed E-state index contributed by atoms with van der Waals surface area (Å²) in [5.41, 5.74) is 1.08. The summed E-state index contributed by atoms with van der Waals surface area (Å²) in [5.74, 6) is -1.03. The first-order valence-electron chi connectivity index (χ1n) is 14.8. The van der Waals surface area contributed by atoms with Gasteiger partial charge in [0.15, 0.2) is 0 Å². The fourth-order valence-electron chi connectivity index (χ4n) is 4.95. The Morgan fingerprint density at radius 3 is 2.15 bits per heavy atom. The molecule has 4 aromatic rings. The van der Waals surface area contributed by atoms with Crippen molar-refractivity contribution in [2.24, 2.45) is 0 Å². The number of hydrogen-bond donors (Lipinski definition) is 1. The van der Waals surface area contributed by atoms with Gasteiger partial charge in [-0.15, -0.1) is 0 Å². The predicted octanol–water partition coefficient (Wildman–Crippen LogP) is 5.20. The van der Waals surface area contributed by atoms with Crippen LogP contribution in [0.1, 0.15) is 24.5 Å². The van der Waals surface area contributed by atoms with Crippen LogP contribution in [0.2, 0.25) is 0 Å². The second-order valence-electron chi connectivity index (χ2n) is 10.5. The summed E-state index contributed by atoms with van der Waals surface area (Å²) in [6.45, 7) is 1.30. The van der Waals surface area contributed by atoms with E-state index >= 15 is 4.39 Å². The standard InChI is InChI=1S/C35H38FN3O6S/c1-4-22-37-35(41)32(23-26-12-6-5-7-13-26)38(24-27-14-8-9-15-30(27)36)34(40)25-39(31-16-10-11-17-33(31)45-3)46(42,43)29-20-18-28(44-2)19-21-29/h5-21,32H,4,22-25H2,1-3H3,(H,37,41)/t32-/m0/s1. The monoisotopic (exact) mass is 647 g/mol. The summed E-state index contributed by atoms with van der Waals surface area (Å²) in [6.07, 6.45) is 0.781. The largest absolute Gasteiger partial charge is 0.497 e. The molecular weight excluding hydrogens is 609 g/mol. The quantitative estimate of drug-likeness (QED) is 0.190. The fraction of sp³-hybridized carbons (Fsp3) is 0.257. The first-order valence-corrected chi connectivity index (χ1v) is 16.3. The topological polar surface area (TPSA) is 105 Å². The number of hydrogen-bond acceptors (Lipinski definition) is 6. The predicted molar refractivity (Wildman–Crippen MR) is 175 cm³/mol. The second kappa shape index (κ2) is 15.9. The van der Waals surface area contributed by atoms with Crippen molar-refractivity contribution in [3.05, 3.63) is 120 Å². The molecule has 0 aliphatic heterocycles. The lowest BCUT2D eigenvalue weighted by molar-refractivity contribution is -0.140. The zero-order chi connectivity index (χ0) is 33.1. The normalized spacial score (nSPS) is 11.7. The molecule has 1 N–H and O–H groups in total. The highest BCUT2D eigenvalue weighted by Crippen LogP contribution is 2.33. The second-order valence-corrected chi connectivity index (χ2v) is 12.3. The molecule has 46 heavy (non-hydrogen) atoms. The molecule has 0 aliphatic rings. The molecule has 0 aliphatic carbocycles. The summed E-state index contributed by atoms with van der Waals surface area (Å²) in [7, 11) is -1.50. The van der Waals surface area contributed by atoms with E-state index in [0.717, 1.165) is 9.87 Å². The number of nitrogens with one attached hydrogen (secondary N) is 1. The average Bonchev–Trinajstić information content (AvgIpc) is 3.08. The third kappa shape index (κ3) is 8.22. The Kier molecular flexibility index (Phi) is 11.7. The van der Waals surface area contributed by atoms with Crippen LogP contribution in [-0.2, 0) is 32.6 Å². The van der Waals surface area contributed by atoms with Crippen molar-refractivity contribution in [1.82, 2.24) is 10.2 Å². The lowest BCUT2D eigenvalue weighted by Crippen LogP contribution is -2.53. The Morgan fingerprint density at radius 1 is 0.848 bits per heavy atom. The Labute approximate surface area is 269 Å². The van der Waals surface area contributed by atoms with Gasteiger partial charge in [-0.3, -0.25) is 13.9 Å². The Balaban J connectivity index is 1.83. The molecule has 0 heterocycles. The molecule has 0 aromatic heterocycles. The molecule has 9 nitrogen and oxygen atoms in total. The number of carbonyl (C=O) groups is 2. The fourth-order valence-corrected chi connectivity index (χ4v) is 6.38. The number of nitrogens with zero attached hydrogens (tertiary/aromatic N) is 2. The van der Waals surface area contributed by atoms with Gasteiger partial charge >= 0.3 is 0 Å². The lowest BCUT2D eigenvalue weighted by atomic mass is 10.0. The van der Waals surface area contributed by atoms with Gasteiger partial charge in [0.05, 0.1) is 24.8 Å². The number of sulfonamides is 1. The molecule has 0 spiro atoms. The van der Waals surface area contributed by atoms with E-state index in [1.165, 1.54) is 67.7 Å². The number of para-hydroxylation sites is 2. The van der Waals surface area contributed by atoms with Crippen LogP contribution in [0.15, 0.2) is 108 Å². The minimum absolute atomic E-state index is 0.0887. The van der Waals surface area contributed by atoms with E-state index in [1.54, 1.807) is 24.3 Å². The minimum Gasteiger partial charge on any atom is -0.497 e. The zero-order valence-corrected chi connectivity index (χ0v) is 26.9. The molecule has 0 fully saturated rings. The molecule has 0 radical (unpaired) electrons. The van der Waals surface area contributed by atoms with E-state index in [2.05, 4.69) is 5.32 Å². The number of methoxy groups -OCH3 is 2. The van der Waals surface area contributed by atoms with E-state index in [4.69, 9.17) is 9.47 Å². The molecule has 2 amide bonds. The maximum absolute atomic E-state index is 15.0. The Morgan fingerprint density at radius 2 is 1.50 bits per heavy atom. The van der Waals surface area contributed by atoms with Crippen LogP contribution in [0.5, 0.6) is 11.5 Å². The van der Waals surface area contributed by atoms with E-state index in [1.807, 2.05) is 37.3 Å². The van der Waals surface area contributed by atoms with Gasteiger partial charge in [-0.25, -0.2) is 12.8 Å². The Hall–Kier alpha value is -4.90. The molecule has 11 heteroatoms. The number of ether oxygens (including phenoxy) is 2. The third-order valence-corrected chi connectivity index (χ3v) is 9.17. The highest BCUT2D eigenvalue weighted by molar-refractivity contribution is 7.92.